The van der Waals surface area contributed by atoms with Gasteiger partial charge in [-0.15, -0.1) is 0 Å². The van der Waals surface area contributed by atoms with Gasteiger partial charge in [0.05, 0.1) is 11.4 Å². The van der Waals surface area contributed by atoms with Crippen molar-refractivity contribution in [3.63, 3.8) is 0 Å². The Hall–Kier alpha value is -3.41. The number of nitrogens with one attached hydrogen (secondary N) is 2. The molecule has 0 aliphatic rings. The second-order valence-corrected chi connectivity index (χ2v) is 6.70. The van der Waals surface area contributed by atoms with Gasteiger partial charge in [0.25, 0.3) is 0 Å². The summed E-state index contributed by atoms with van der Waals surface area (Å²) < 4.78 is 1.92. The number of nitrogens with zero attached hydrogens (tertiary/aromatic N) is 2. The van der Waals surface area contributed by atoms with Gasteiger partial charge in [0.2, 0.25) is 11.8 Å². The van der Waals surface area contributed by atoms with Crippen LogP contribution in [-0.4, -0.2) is 21.6 Å². The lowest BCUT2D eigenvalue weighted by Gasteiger charge is -2.08. The Kier molecular flexibility index (Phi) is 5.89. The van der Waals surface area contributed by atoms with Crippen molar-refractivity contribution in [2.24, 2.45) is 0 Å². The molecule has 0 spiro atoms. The summed E-state index contributed by atoms with van der Waals surface area (Å²) in [6, 6.07) is 17.0. The van der Waals surface area contributed by atoms with Gasteiger partial charge < -0.3 is 10.6 Å². The number of para-hydroxylation sites is 1. The molecular weight excluding hydrogens is 352 g/mol. The van der Waals surface area contributed by atoms with Gasteiger partial charge in [-0.1, -0.05) is 18.2 Å². The third-order valence-electron chi connectivity index (χ3n) is 4.53. The zero-order valence-corrected chi connectivity index (χ0v) is 16.3. The number of rotatable bonds is 6. The van der Waals surface area contributed by atoms with Gasteiger partial charge in [-0.05, 0) is 62.2 Å². The molecular formula is C22H24N4O2. The van der Waals surface area contributed by atoms with Crippen molar-refractivity contribution < 1.29 is 9.59 Å². The summed E-state index contributed by atoms with van der Waals surface area (Å²) in [5, 5.41) is 10.2. The van der Waals surface area contributed by atoms with Crippen LogP contribution >= 0.6 is 0 Å². The Bertz CT molecular complexity index is 976. The summed E-state index contributed by atoms with van der Waals surface area (Å²) in [6.45, 7) is 5.46. The van der Waals surface area contributed by atoms with E-state index in [-0.39, 0.29) is 11.8 Å². The monoisotopic (exact) mass is 376 g/mol. The first-order valence-corrected chi connectivity index (χ1v) is 9.22. The van der Waals surface area contributed by atoms with Gasteiger partial charge >= 0.3 is 0 Å². The molecule has 3 rings (SSSR count). The van der Waals surface area contributed by atoms with Crippen LogP contribution in [0.3, 0.4) is 0 Å². The molecule has 0 unspecified atom stereocenters. The van der Waals surface area contributed by atoms with Crippen LogP contribution < -0.4 is 10.6 Å². The predicted molar refractivity (Wildman–Crippen MR) is 111 cm³/mol. The van der Waals surface area contributed by atoms with Gasteiger partial charge in [0, 0.05) is 30.4 Å². The van der Waals surface area contributed by atoms with Crippen LogP contribution in [0.25, 0.3) is 5.69 Å². The maximum Gasteiger partial charge on any atom is 0.224 e. The topological polar surface area (TPSA) is 76.0 Å². The van der Waals surface area contributed by atoms with Crippen molar-refractivity contribution in [2.45, 2.75) is 33.6 Å². The Labute approximate surface area is 164 Å². The number of amides is 2. The SMILES string of the molecule is CC(=O)Nc1ccc(NC(=O)CCc2c(C)nn(-c3ccccc3)c2C)cc1. The summed E-state index contributed by atoms with van der Waals surface area (Å²) in [7, 11) is 0. The number of anilines is 2. The summed E-state index contributed by atoms with van der Waals surface area (Å²) in [5.41, 5.74) is 5.50. The Morgan fingerprint density at radius 1 is 0.929 bits per heavy atom. The van der Waals surface area contributed by atoms with E-state index in [9.17, 15) is 9.59 Å². The Balaban J connectivity index is 1.62. The first-order valence-electron chi connectivity index (χ1n) is 9.22. The van der Waals surface area contributed by atoms with E-state index in [4.69, 9.17) is 0 Å². The molecule has 0 radical (unpaired) electrons. The van der Waals surface area contributed by atoms with Crippen LogP contribution in [0.2, 0.25) is 0 Å². The fraction of sp³-hybridized carbons (Fsp3) is 0.227. The quantitative estimate of drug-likeness (QED) is 0.682. The molecule has 0 bridgehead atoms. The second-order valence-electron chi connectivity index (χ2n) is 6.70. The van der Waals surface area contributed by atoms with Crippen LogP contribution in [0.1, 0.15) is 30.3 Å². The average molecular weight is 376 g/mol. The lowest BCUT2D eigenvalue weighted by Crippen LogP contribution is -2.13. The number of carbonyl (C=O) groups is 2. The molecule has 1 aromatic heterocycles. The van der Waals surface area contributed by atoms with Crippen molar-refractivity contribution in [1.82, 2.24) is 9.78 Å². The molecule has 0 aliphatic heterocycles. The lowest BCUT2D eigenvalue weighted by atomic mass is 10.1. The maximum absolute atomic E-state index is 12.3. The standard InChI is InChI=1S/C22H24N4O2/c1-15-21(16(2)26(25-15)20-7-5-4-6-8-20)13-14-22(28)24-19-11-9-18(10-12-19)23-17(3)27/h4-12H,13-14H2,1-3H3,(H,23,27)(H,24,28). The predicted octanol–water partition coefficient (Wildman–Crippen LogP) is 4.02. The van der Waals surface area contributed by atoms with Crippen LogP contribution in [0.5, 0.6) is 0 Å². The second kappa shape index (κ2) is 8.52. The maximum atomic E-state index is 12.3. The van der Waals surface area contributed by atoms with E-state index in [2.05, 4.69) is 15.7 Å². The van der Waals surface area contributed by atoms with Gasteiger partial charge in [-0.3, -0.25) is 9.59 Å². The molecule has 0 saturated carbocycles. The summed E-state index contributed by atoms with van der Waals surface area (Å²) in [4.78, 5) is 23.4. The van der Waals surface area contributed by atoms with E-state index in [1.165, 1.54) is 6.92 Å². The van der Waals surface area contributed by atoms with Crippen LogP contribution in [0.15, 0.2) is 54.6 Å². The first kappa shape index (κ1) is 19.4. The molecule has 2 amide bonds. The average Bonchev–Trinajstić information content (AvgIpc) is 2.96. The highest BCUT2D eigenvalue weighted by Crippen LogP contribution is 2.20. The molecule has 28 heavy (non-hydrogen) atoms. The molecule has 0 atom stereocenters. The van der Waals surface area contributed by atoms with Gasteiger partial charge in [0.15, 0.2) is 0 Å². The smallest absolute Gasteiger partial charge is 0.224 e. The van der Waals surface area contributed by atoms with E-state index in [1.54, 1.807) is 24.3 Å². The molecule has 3 aromatic rings. The fourth-order valence-corrected chi connectivity index (χ4v) is 3.16. The van der Waals surface area contributed by atoms with Crippen molar-refractivity contribution >= 4 is 23.2 Å². The van der Waals surface area contributed by atoms with Crippen LogP contribution in [0, 0.1) is 13.8 Å². The molecule has 6 heteroatoms. The fourth-order valence-electron chi connectivity index (χ4n) is 3.16. The number of hydrogen-bond donors (Lipinski definition) is 2. The van der Waals surface area contributed by atoms with Crippen molar-refractivity contribution in [1.29, 1.82) is 0 Å². The van der Waals surface area contributed by atoms with Crippen molar-refractivity contribution in [3.05, 3.63) is 71.5 Å². The zero-order chi connectivity index (χ0) is 20.1. The van der Waals surface area contributed by atoms with Crippen molar-refractivity contribution in [2.75, 3.05) is 10.6 Å². The van der Waals surface area contributed by atoms with Gasteiger partial charge in [-0.2, -0.15) is 5.10 Å². The molecule has 2 N–H and O–H groups in total. The summed E-state index contributed by atoms with van der Waals surface area (Å²) >= 11 is 0. The van der Waals surface area contributed by atoms with E-state index < -0.39 is 0 Å². The largest absolute Gasteiger partial charge is 0.326 e. The number of aromatic nitrogens is 2. The minimum absolute atomic E-state index is 0.0569. The highest BCUT2D eigenvalue weighted by Gasteiger charge is 2.14. The number of benzene rings is 2. The lowest BCUT2D eigenvalue weighted by molar-refractivity contribution is -0.116. The Morgan fingerprint density at radius 3 is 2.14 bits per heavy atom. The molecule has 1 heterocycles. The molecule has 6 nitrogen and oxygen atoms in total. The van der Waals surface area contributed by atoms with E-state index >= 15 is 0 Å². The number of aryl methyl sites for hydroxylation is 1. The zero-order valence-electron chi connectivity index (χ0n) is 16.3. The number of hydrogen-bond acceptors (Lipinski definition) is 3. The number of carbonyl (C=O) groups excluding carboxylic acids is 2. The molecule has 144 valence electrons. The third kappa shape index (κ3) is 4.65. The highest BCUT2D eigenvalue weighted by molar-refractivity contribution is 5.92. The van der Waals surface area contributed by atoms with Gasteiger partial charge in [-0.25, -0.2) is 4.68 Å². The van der Waals surface area contributed by atoms with E-state index in [0.717, 1.165) is 22.6 Å². The minimum atomic E-state index is -0.126. The van der Waals surface area contributed by atoms with Gasteiger partial charge in [0.1, 0.15) is 0 Å². The van der Waals surface area contributed by atoms with Crippen LogP contribution in [0.4, 0.5) is 11.4 Å². The van der Waals surface area contributed by atoms with E-state index in [1.807, 2.05) is 48.9 Å². The summed E-state index contributed by atoms with van der Waals surface area (Å²) in [6.07, 6.45) is 0.996. The molecule has 0 fully saturated rings. The van der Waals surface area contributed by atoms with E-state index in [0.29, 0.717) is 24.2 Å². The van der Waals surface area contributed by atoms with Crippen molar-refractivity contribution in [3.8, 4) is 5.69 Å². The third-order valence-corrected chi connectivity index (χ3v) is 4.53. The first-order chi connectivity index (χ1) is 13.4. The summed E-state index contributed by atoms with van der Waals surface area (Å²) in [5.74, 6) is -0.183. The molecule has 2 aromatic carbocycles. The normalized spacial score (nSPS) is 10.5. The minimum Gasteiger partial charge on any atom is -0.326 e. The molecule has 0 saturated heterocycles. The molecule has 0 aliphatic carbocycles. The van der Waals surface area contributed by atoms with Crippen LogP contribution in [-0.2, 0) is 16.0 Å². The highest BCUT2D eigenvalue weighted by atomic mass is 16.2. The Morgan fingerprint density at radius 2 is 1.54 bits per heavy atom.